The maximum atomic E-state index is 4.01. The summed E-state index contributed by atoms with van der Waals surface area (Å²) in [5, 5.41) is 4.01. The zero-order valence-corrected chi connectivity index (χ0v) is 12.0. The lowest BCUT2D eigenvalue weighted by Gasteiger charge is -2.35. The van der Waals surface area contributed by atoms with Gasteiger partial charge in [0.1, 0.15) is 0 Å². The Morgan fingerprint density at radius 3 is 2.56 bits per heavy atom. The third-order valence-corrected chi connectivity index (χ3v) is 7.03. The third kappa shape index (κ3) is 1.77. The van der Waals surface area contributed by atoms with Gasteiger partial charge in [0.25, 0.3) is 0 Å². The summed E-state index contributed by atoms with van der Waals surface area (Å²) in [6, 6.07) is 0.895. The van der Waals surface area contributed by atoms with Gasteiger partial charge in [-0.05, 0) is 67.6 Å². The molecule has 0 saturated heterocycles. The van der Waals surface area contributed by atoms with Crippen LogP contribution in [0.2, 0.25) is 0 Å². The van der Waals surface area contributed by atoms with Crippen molar-refractivity contribution in [1.29, 1.82) is 0 Å². The molecule has 0 aromatic carbocycles. The molecule has 18 heavy (non-hydrogen) atoms. The van der Waals surface area contributed by atoms with Crippen LogP contribution >= 0.6 is 0 Å². The Hall–Kier alpha value is -0.0400. The van der Waals surface area contributed by atoms with Crippen molar-refractivity contribution >= 4 is 0 Å². The van der Waals surface area contributed by atoms with Crippen LogP contribution in [0.3, 0.4) is 0 Å². The van der Waals surface area contributed by atoms with Gasteiger partial charge >= 0.3 is 0 Å². The fourth-order valence-corrected chi connectivity index (χ4v) is 6.09. The second kappa shape index (κ2) is 4.23. The highest BCUT2D eigenvalue weighted by atomic mass is 15.0. The van der Waals surface area contributed by atoms with Gasteiger partial charge in [-0.3, -0.25) is 0 Å². The van der Waals surface area contributed by atoms with Crippen LogP contribution in [0.15, 0.2) is 0 Å². The van der Waals surface area contributed by atoms with Gasteiger partial charge in [-0.1, -0.05) is 26.2 Å². The Labute approximate surface area is 112 Å². The van der Waals surface area contributed by atoms with E-state index in [-0.39, 0.29) is 0 Å². The standard InChI is InChI=1S/C17H29N/c1-17(7-2-3-8-17)11-18-16-10-12-9-15(16)14-6-4-5-13(12)14/h12-16,18H,2-11H2,1H3. The number of hydrogen-bond acceptors (Lipinski definition) is 1. The average molecular weight is 247 g/mol. The Balaban J connectivity index is 1.37. The SMILES string of the molecule is CC1(CNC2CC3CC2C2CCCC32)CCCC1. The van der Waals surface area contributed by atoms with Crippen LogP contribution in [0.1, 0.15) is 64.7 Å². The van der Waals surface area contributed by atoms with Crippen LogP contribution in [0, 0.1) is 29.1 Å². The summed E-state index contributed by atoms with van der Waals surface area (Å²) in [7, 11) is 0. The molecule has 4 saturated carbocycles. The van der Waals surface area contributed by atoms with E-state index >= 15 is 0 Å². The molecule has 1 nitrogen and oxygen atoms in total. The maximum absolute atomic E-state index is 4.01. The molecule has 0 spiro atoms. The molecule has 1 heteroatoms. The van der Waals surface area contributed by atoms with E-state index in [1.807, 2.05) is 0 Å². The Morgan fingerprint density at radius 2 is 1.72 bits per heavy atom. The molecular formula is C17H29N. The molecule has 4 aliphatic rings. The summed E-state index contributed by atoms with van der Waals surface area (Å²) in [4.78, 5) is 0. The predicted molar refractivity (Wildman–Crippen MR) is 75.4 cm³/mol. The molecule has 0 aliphatic heterocycles. The highest BCUT2D eigenvalue weighted by molar-refractivity contribution is 5.05. The first kappa shape index (κ1) is 11.8. The maximum Gasteiger partial charge on any atom is 0.0101 e. The van der Waals surface area contributed by atoms with Crippen LogP contribution in [0.5, 0.6) is 0 Å². The second-order valence-corrected chi connectivity index (χ2v) is 8.16. The first-order chi connectivity index (χ1) is 8.75. The molecule has 0 aromatic heterocycles. The van der Waals surface area contributed by atoms with Crippen LogP contribution in [0.25, 0.3) is 0 Å². The van der Waals surface area contributed by atoms with Crippen LogP contribution < -0.4 is 5.32 Å². The Bertz CT molecular complexity index is 318. The largest absolute Gasteiger partial charge is 0.313 e. The average Bonchev–Trinajstić information content (AvgIpc) is 3.08. The van der Waals surface area contributed by atoms with Crippen LogP contribution in [-0.4, -0.2) is 12.6 Å². The summed E-state index contributed by atoms with van der Waals surface area (Å²) in [6.45, 7) is 3.82. The van der Waals surface area contributed by atoms with Gasteiger partial charge < -0.3 is 5.32 Å². The van der Waals surface area contributed by atoms with Crippen molar-refractivity contribution in [3.05, 3.63) is 0 Å². The van der Waals surface area contributed by atoms with Crippen molar-refractivity contribution in [3.63, 3.8) is 0 Å². The molecule has 2 bridgehead atoms. The first-order valence-corrected chi connectivity index (χ1v) is 8.49. The lowest BCUT2D eigenvalue weighted by molar-refractivity contribution is 0.189. The van der Waals surface area contributed by atoms with Gasteiger partial charge in [0.15, 0.2) is 0 Å². The summed E-state index contributed by atoms with van der Waals surface area (Å²) < 4.78 is 0. The molecule has 0 heterocycles. The molecule has 5 unspecified atom stereocenters. The van der Waals surface area contributed by atoms with E-state index in [0.717, 1.165) is 29.7 Å². The zero-order chi connectivity index (χ0) is 12.2. The molecule has 4 aliphatic carbocycles. The number of hydrogen-bond donors (Lipinski definition) is 1. The monoisotopic (exact) mass is 247 g/mol. The molecule has 102 valence electrons. The van der Waals surface area contributed by atoms with Crippen LogP contribution in [-0.2, 0) is 0 Å². The highest BCUT2D eigenvalue weighted by Gasteiger charge is 2.53. The van der Waals surface area contributed by atoms with E-state index < -0.39 is 0 Å². The van der Waals surface area contributed by atoms with E-state index in [2.05, 4.69) is 12.2 Å². The van der Waals surface area contributed by atoms with Crippen molar-refractivity contribution in [1.82, 2.24) is 5.32 Å². The Morgan fingerprint density at radius 1 is 0.944 bits per heavy atom. The normalized spacial score (nSPS) is 48.8. The Kier molecular flexibility index (Phi) is 2.76. The number of fused-ring (bicyclic) bond motifs is 5. The van der Waals surface area contributed by atoms with Gasteiger partial charge in [-0.2, -0.15) is 0 Å². The predicted octanol–water partition coefficient (Wildman–Crippen LogP) is 3.98. The summed E-state index contributed by atoms with van der Waals surface area (Å²) >= 11 is 0. The van der Waals surface area contributed by atoms with Gasteiger partial charge in [-0.25, -0.2) is 0 Å². The summed E-state index contributed by atoms with van der Waals surface area (Å²) in [5.74, 6) is 4.44. The van der Waals surface area contributed by atoms with E-state index in [1.54, 1.807) is 19.3 Å². The van der Waals surface area contributed by atoms with Gasteiger partial charge in [0, 0.05) is 12.6 Å². The minimum atomic E-state index is 0.636. The smallest absolute Gasteiger partial charge is 0.0101 e. The molecule has 5 atom stereocenters. The van der Waals surface area contributed by atoms with Gasteiger partial charge in [0.2, 0.25) is 0 Å². The highest BCUT2D eigenvalue weighted by Crippen LogP contribution is 2.58. The van der Waals surface area contributed by atoms with Crippen molar-refractivity contribution in [3.8, 4) is 0 Å². The van der Waals surface area contributed by atoms with Gasteiger partial charge in [-0.15, -0.1) is 0 Å². The fourth-order valence-electron chi connectivity index (χ4n) is 6.09. The van der Waals surface area contributed by atoms with Crippen molar-refractivity contribution in [2.75, 3.05) is 6.54 Å². The molecule has 0 amide bonds. The minimum absolute atomic E-state index is 0.636. The van der Waals surface area contributed by atoms with Crippen LogP contribution in [0.4, 0.5) is 0 Å². The quantitative estimate of drug-likeness (QED) is 0.795. The lowest BCUT2D eigenvalue weighted by Crippen LogP contribution is -2.43. The van der Waals surface area contributed by atoms with E-state index in [1.165, 1.54) is 45.1 Å². The number of nitrogens with one attached hydrogen (secondary N) is 1. The molecule has 4 fully saturated rings. The number of rotatable bonds is 3. The van der Waals surface area contributed by atoms with Crippen molar-refractivity contribution < 1.29 is 0 Å². The lowest BCUT2D eigenvalue weighted by atomic mass is 9.78. The topological polar surface area (TPSA) is 12.0 Å². The first-order valence-electron chi connectivity index (χ1n) is 8.49. The molecule has 0 radical (unpaired) electrons. The summed E-state index contributed by atoms with van der Waals surface area (Å²) in [6.07, 6.45) is 13.6. The van der Waals surface area contributed by atoms with E-state index in [4.69, 9.17) is 0 Å². The van der Waals surface area contributed by atoms with Crippen molar-refractivity contribution in [2.45, 2.75) is 70.8 Å². The molecule has 0 aromatic rings. The zero-order valence-electron chi connectivity index (χ0n) is 12.0. The van der Waals surface area contributed by atoms with E-state index in [9.17, 15) is 0 Å². The summed E-state index contributed by atoms with van der Waals surface area (Å²) in [5.41, 5.74) is 0.636. The molecule has 4 rings (SSSR count). The van der Waals surface area contributed by atoms with Crippen molar-refractivity contribution in [2.24, 2.45) is 29.1 Å². The molecule has 1 N–H and O–H groups in total. The molecular weight excluding hydrogens is 218 g/mol. The van der Waals surface area contributed by atoms with Gasteiger partial charge in [0.05, 0.1) is 0 Å². The second-order valence-electron chi connectivity index (χ2n) is 8.16. The van der Waals surface area contributed by atoms with E-state index in [0.29, 0.717) is 5.41 Å². The third-order valence-electron chi connectivity index (χ3n) is 7.03. The minimum Gasteiger partial charge on any atom is -0.313 e. The fraction of sp³-hybridized carbons (Fsp3) is 1.00.